The summed E-state index contributed by atoms with van der Waals surface area (Å²) < 4.78 is 23.4. The van der Waals surface area contributed by atoms with Crippen LogP contribution >= 0.6 is 12.2 Å². The molecule has 5 aromatic rings. The summed E-state index contributed by atoms with van der Waals surface area (Å²) >= 11 is 5.22. The molecule has 0 bridgehead atoms. The lowest BCUT2D eigenvalue weighted by molar-refractivity contribution is 0.201. The number of H-pyrrole nitrogens is 3. The molecule has 10 nitrogen and oxygen atoms in total. The van der Waals surface area contributed by atoms with E-state index >= 15 is 0 Å². The number of anilines is 1. The Kier molecular flexibility index (Phi) is 7.23. The molecule has 0 spiro atoms. The van der Waals surface area contributed by atoms with Crippen LogP contribution in [-0.2, 0) is 0 Å². The molecule has 40 heavy (non-hydrogen) atoms. The first-order chi connectivity index (χ1) is 19.6. The number of hydrogen-bond donors (Lipinski definition) is 3. The van der Waals surface area contributed by atoms with E-state index in [4.69, 9.17) is 36.1 Å². The maximum Gasteiger partial charge on any atom is 0.175 e. The molecule has 1 aliphatic heterocycles. The zero-order chi connectivity index (χ0) is 27.6. The third-order valence-corrected chi connectivity index (χ3v) is 7.54. The molecule has 0 atom stereocenters. The molecule has 0 radical (unpaired) electrons. The van der Waals surface area contributed by atoms with Gasteiger partial charge in [-0.05, 0) is 36.5 Å². The van der Waals surface area contributed by atoms with Crippen molar-refractivity contribution in [3.05, 3.63) is 53.3 Å². The molecule has 11 heteroatoms. The van der Waals surface area contributed by atoms with Gasteiger partial charge in [-0.25, -0.2) is 4.98 Å². The van der Waals surface area contributed by atoms with Crippen molar-refractivity contribution in [3.63, 3.8) is 0 Å². The van der Waals surface area contributed by atoms with E-state index in [2.05, 4.69) is 36.9 Å². The fraction of sp³-hybridized carbons (Fsp3) is 0.310. The topological polar surface area (TPSA) is 104 Å². The summed E-state index contributed by atoms with van der Waals surface area (Å²) in [6, 6.07) is 15.8. The number of nitrogens with one attached hydrogen (secondary N) is 3. The third-order valence-electron chi connectivity index (χ3n) is 7.33. The first-order valence-electron chi connectivity index (χ1n) is 13.2. The molecule has 0 amide bonds. The second kappa shape index (κ2) is 11.1. The molecule has 3 N–H and O–H groups in total. The second-order valence-electron chi connectivity index (χ2n) is 9.60. The minimum atomic E-state index is 0.600. The number of para-hydroxylation sites is 2. The van der Waals surface area contributed by atoms with E-state index in [-0.39, 0.29) is 0 Å². The number of aromatic nitrogens is 4. The maximum atomic E-state index is 6.11. The number of piperazine rings is 1. The minimum Gasteiger partial charge on any atom is -0.496 e. The van der Waals surface area contributed by atoms with Crippen molar-refractivity contribution in [2.45, 2.75) is 0 Å². The Bertz CT molecular complexity index is 1680. The Balaban J connectivity index is 1.15. The first-order valence-corrected chi connectivity index (χ1v) is 13.6. The van der Waals surface area contributed by atoms with Crippen LogP contribution in [0.4, 0.5) is 5.69 Å². The molecule has 1 fully saturated rings. The van der Waals surface area contributed by atoms with Crippen LogP contribution in [-0.4, -0.2) is 85.5 Å². The van der Waals surface area contributed by atoms with Crippen molar-refractivity contribution in [2.75, 3.05) is 65.6 Å². The lowest BCUT2D eigenvalue weighted by Crippen LogP contribution is -2.47. The molecule has 0 aliphatic carbocycles. The normalized spacial score (nSPS) is 14.1. The van der Waals surface area contributed by atoms with Crippen LogP contribution in [0.25, 0.3) is 33.5 Å². The van der Waals surface area contributed by atoms with Gasteiger partial charge in [0.2, 0.25) is 0 Å². The van der Waals surface area contributed by atoms with Gasteiger partial charge in [0.15, 0.2) is 4.77 Å². The molecule has 3 heterocycles. The number of methoxy groups -OCH3 is 3. The summed E-state index contributed by atoms with van der Waals surface area (Å²) in [5.41, 5.74) is 5.61. The molecule has 1 aliphatic rings. The molecular weight excluding hydrogens is 528 g/mol. The van der Waals surface area contributed by atoms with Crippen molar-refractivity contribution in [1.29, 1.82) is 0 Å². The number of hydrogen-bond acceptors (Lipinski definition) is 8. The van der Waals surface area contributed by atoms with Gasteiger partial charge in [-0.3, -0.25) is 4.90 Å². The van der Waals surface area contributed by atoms with Crippen LogP contribution in [0.2, 0.25) is 0 Å². The van der Waals surface area contributed by atoms with Crippen LogP contribution < -0.4 is 23.8 Å². The van der Waals surface area contributed by atoms with E-state index in [1.807, 2.05) is 36.4 Å². The number of benzene rings is 3. The second-order valence-corrected chi connectivity index (χ2v) is 10.0. The van der Waals surface area contributed by atoms with E-state index < -0.39 is 0 Å². The van der Waals surface area contributed by atoms with Crippen LogP contribution in [0.3, 0.4) is 0 Å². The standard InChI is InChI=1S/C29H32N6O4S/c1-36-18-16-23(37-2)25(24(17-18)38-3)28-30-19-6-4-8-21(26(19)32-28)35-12-10-34(11-13-35)14-15-39-22-9-5-7-20-27(22)33-29(40)31-20/h4-9,16-17H,10-15H2,1-3H3,(H,30,32)(H2,31,33,40). The molecule has 1 saturated heterocycles. The van der Waals surface area contributed by atoms with Gasteiger partial charge in [-0.15, -0.1) is 0 Å². The number of imidazole rings is 2. The van der Waals surface area contributed by atoms with Crippen LogP contribution in [0, 0.1) is 4.77 Å². The summed E-state index contributed by atoms with van der Waals surface area (Å²) in [5, 5.41) is 0. The van der Waals surface area contributed by atoms with Crippen LogP contribution in [0.15, 0.2) is 48.5 Å². The Hall–Kier alpha value is -4.22. The van der Waals surface area contributed by atoms with Crippen LogP contribution in [0.5, 0.6) is 23.0 Å². The van der Waals surface area contributed by atoms with E-state index in [1.165, 1.54) is 0 Å². The maximum absolute atomic E-state index is 6.11. The lowest BCUT2D eigenvalue weighted by atomic mass is 10.1. The Morgan fingerprint density at radius 1 is 0.825 bits per heavy atom. The van der Waals surface area contributed by atoms with Gasteiger partial charge >= 0.3 is 0 Å². The molecule has 2 aromatic heterocycles. The first kappa shape index (κ1) is 26.0. The Labute approximate surface area is 236 Å². The molecule has 0 unspecified atom stereocenters. The van der Waals surface area contributed by atoms with Gasteiger partial charge in [0.05, 0.1) is 38.1 Å². The van der Waals surface area contributed by atoms with E-state index in [9.17, 15) is 0 Å². The number of ether oxygens (including phenoxy) is 4. The third kappa shape index (κ3) is 4.93. The van der Waals surface area contributed by atoms with Gasteiger partial charge in [0.1, 0.15) is 52.0 Å². The van der Waals surface area contributed by atoms with Gasteiger partial charge in [0, 0.05) is 44.9 Å². The zero-order valence-electron chi connectivity index (χ0n) is 22.7. The fourth-order valence-electron chi connectivity index (χ4n) is 5.28. The van der Waals surface area contributed by atoms with Gasteiger partial charge < -0.3 is 38.8 Å². The zero-order valence-corrected chi connectivity index (χ0v) is 23.6. The fourth-order valence-corrected chi connectivity index (χ4v) is 5.49. The predicted octanol–water partition coefficient (Wildman–Crippen LogP) is 5.00. The summed E-state index contributed by atoms with van der Waals surface area (Å²) in [5.74, 6) is 3.41. The number of aromatic amines is 3. The Morgan fingerprint density at radius 3 is 2.27 bits per heavy atom. The molecule has 0 saturated carbocycles. The quantitative estimate of drug-likeness (QED) is 0.217. The summed E-state index contributed by atoms with van der Waals surface area (Å²) in [4.78, 5) is 19.6. The molecule has 208 valence electrons. The Morgan fingerprint density at radius 2 is 1.55 bits per heavy atom. The molecular formula is C29H32N6O4S. The summed E-state index contributed by atoms with van der Waals surface area (Å²) in [6.07, 6.45) is 0. The average molecular weight is 561 g/mol. The van der Waals surface area contributed by atoms with Crippen molar-refractivity contribution < 1.29 is 18.9 Å². The van der Waals surface area contributed by atoms with E-state index in [0.29, 0.717) is 34.5 Å². The highest BCUT2D eigenvalue weighted by atomic mass is 32.1. The predicted molar refractivity (Wildman–Crippen MR) is 159 cm³/mol. The number of fused-ring (bicyclic) bond motifs is 2. The van der Waals surface area contributed by atoms with Gasteiger partial charge in [-0.2, -0.15) is 0 Å². The smallest absolute Gasteiger partial charge is 0.175 e. The SMILES string of the molecule is COc1cc(OC)c(-c2nc3c(N4CCN(CCOc5cccc6[nH]c(=S)[nH]c56)CC4)cccc3[nH]2)c(OC)c1. The number of rotatable bonds is 9. The highest BCUT2D eigenvalue weighted by Crippen LogP contribution is 2.42. The molecule has 3 aromatic carbocycles. The van der Waals surface area contributed by atoms with Crippen molar-refractivity contribution in [2.24, 2.45) is 0 Å². The lowest BCUT2D eigenvalue weighted by Gasteiger charge is -2.36. The van der Waals surface area contributed by atoms with Gasteiger partial charge in [-0.1, -0.05) is 12.1 Å². The highest BCUT2D eigenvalue weighted by Gasteiger charge is 2.23. The van der Waals surface area contributed by atoms with Crippen molar-refractivity contribution in [3.8, 4) is 34.4 Å². The van der Waals surface area contributed by atoms with Crippen molar-refractivity contribution >= 4 is 40.0 Å². The monoisotopic (exact) mass is 560 g/mol. The van der Waals surface area contributed by atoms with E-state index in [0.717, 1.165) is 71.8 Å². The summed E-state index contributed by atoms with van der Waals surface area (Å²) in [7, 11) is 4.88. The largest absolute Gasteiger partial charge is 0.496 e. The number of nitrogens with zero attached hydrogens (tertiary/aromatic N) is 3. The average Bonchev–Trinajstić information content (AvgIpc) is 3.60. The highest BCUT2D eigenvalue weighted by molar-refractivity contribution is 7.71. The summed E-state index contributed by atoms with van der Waals surface area (Å²) in [6.45, 7) is 5.13. The minimum absolute atomic E-state index is 0.600. The molecule has 6 rings (SSSR count). The van der Waals surface area contributed by atoms with Crippen LogP contribution in [0.1, 0.15) is 0 Å². The van der Waals surface area contributed by atoms with Gasteiger partial charge in [0.25, 0.3) is 0 Å². The van der Waals surface area contributed by atoms with Crippen molar-refractivity contribution in [1.82, 2.24) is 24.8 Å². The van der Waals surface area contributed by atoms with E-state index in [1.54, 1.807) is 21.3 Å².